The number of carbonyl (C=O) groups is 1. The molecule has 0 radical (unpaired) electrons. The molecule has 0 saturated heterocycles. The standard InChI is InChI=1S/C17H14O4/c1-9-5-4-6-12-15(9)17(19)21-14-8-11(20-3)7-13(10(2)18)16(12)14/h4-8H,1-3H3. The van der Waals surface area contributed by atoms with Gasteiger partial charge in [0.1, 0.15) is 11.3 Å². The van der Waals surface area contributed by atoms with Gasteiger partial charge < -0.3 is 9.15 Å². The molecule has 0 atom stereocenters. The molecule has 3 rings (SSSR count). The van der Waals surface area contributed by atoms with Crippen molar-refractivity contribution in [1.29, 1.82) is 0 Å². The number of fused-ring (bicyclic) bond motifs is 3. The van der Waals surface area contributed by atoms with Crippen molar-refractivity contribution in [3.8, 4) is 5.75 Å². The van der Waals surface area contributed by atoms with Crippen LogP contribution >= 0.6 is 0 Å². The number of hydrogen-bond donors (Lipinski definition) is 0. The van der Waals surface area contributed by atoms with Crippen LogP contribution in [0.5, 0.6) is 5.75 Å². The molecule has 0 aliphatic carbocycles. The third-order valence-electron chi connectivity index (χ3n) is 3.64. The minimum atomic E-state index is -0.404. The Balaban J connectivity index is 2.64. The maximum absolute atomic E-state index is 12.2. The molecule has 0 N–H and O–H groups in total. The Morgan fingerprint density at radius 3 is 2.62 bits per heavy atom. The predicted molar refractivity (Wildman–Crippen MR) is 81.3 cm³/mol. The minimum Gasteiger partial charge on any atom is -0.497 e. The number of ether oxygens (including phenoxy) is 1. The molecule has 0 fully saturated rings. The number of aryl methyl sites for hydroxylation is 1. The molecule has 0 saturated carbocycles. The highest BCUT2D eigenvalue weighted by molar-refractivity contribution is 6.16. The van der Waals surface area contributed by atoms with Crippen molar-refractivity contribution < 1.29 is 13.9 Å². The van der Waals surface area contributed by atoms with E-state index in [9.17, 15) is 9.59 Å². The Hall–Kier alpha value is -2.62. The zero-order valence-corrected chi connectivity index (χ0v) is 12.0. The number of hydrogen-bond acceptors (Lipinski definition) is 4. The molecule has 3 aromatic rings. The summed E-state index contributed by atoms with van der Waals surface area (Å²) in [5.74, 6) is 0.387. The first-order valence-electron chi connectivity index (χ1n) is 6.58. The van der Waals surface area contributed by atoms with Gasteiger partial charge in [0.25, 0.3) is 0 Å². The second-order valence-corrected chi connectivity index (χ2v) is 4.99. The van der Waals surface area contributed by atoms with Gasteiger partial charge in [-0.05, 0) is 25.5 Å². The summed E-state index contributed by atoms with van der Waals surface area (Å²) < 4.78 is 10.6. The van der Waals surface area contributed by atoms with Crippen LogP contribution < -0.4 is 10.4 Å². The van der Waals surface area contributed by atoms with E-state index in [1.165, 1.54) is 14.0 Å². The van der Waals surface area contributed by atoms with E-state index in [-0.39, 0.29) is 5.78 Å². The van der Waals surface area contributed by atoms with Crippen molar-refractivity contribution in [3.63, 3.8) is 0 Å². The highest BCUT2D eigenvalue weighted by Gasteiger charge is 2.16. The molecule has 0 bridgehead atoms. The summed E-state index contributed by atoms with van der Waals surface area (Å²) in [6.45, 7) is 3.34. The zero-order chi connectivity index (χ0) is 15.1. The third kappa shape index (κ3) is 2.00. The number of carbonyl (C=O) groups excluding carboxylic acids is 1. The minimum absolute atomic E-state index is 0.101. The fourth-order valence-corrected chi connectivity index (χ4v) is 2.64. The normalized spacial score (nSPS) is 11.0. The maximum Gasteiger partial charge on any atom is 0.344 e. The average molecular weight is 282 g/mol. The van der Waals surface area contributed by atoms with Gasteiger partial charge in [-0.1, -0.05) is 18.2 Å². The van der Waals surface area contributed by atoms with Gasteiger partial charge in [0, 0.05) is 22.4 Å². The van der Waals surface area contributed by atoms with Crippen molar-refractivity contribution in [2.24, 2.45) is 0 Å². The molecule has 2 aromatic carbocycles. The van der Waals surface area contributed by atoms with Gasteiger partial charge in [-0.25, -0.2) is 4.79 Å². The Kier molecular flexibility index (Phi) is 3.01. The maximum atomic E-state index is 12.2. The van der Waals surface area contributed by atoms with Gasteiger partial charge in [0.2, 0.25) is 0 Å². The van der Waals surface area contributed by atoms with Crippen molar-refractivity contribution in [2.75, 3.05) is 7.11 Å². The average Bonchev–Trinajstić information content (AvgIpc) is 2.45. The van der Waals surface area contributed by atoms with Crippen molar-refractivity contribution in [1.82, 2.24) is 0 Å². The van der Waals surface area contributed by atoms with Crippen LogP contribution in [0.1, 0.15) is 22.8 Å². The number of Topliss-reactive ketones (excluding diaryl/α,β-unsaturated/α-hetero) is 1. The quantitative estimate of drug-likeness (QED) is 0.410. The monoisotopic (exact) mass is 282 g/mol. The fourth-order valence-electron chi connectivity index (χ4n) is 2.64. The van der Waals surface area contributed by atoms with E-state index in [0.717, 1.165) is 10.9 Å². The number of ketones is 1. The zero-order valence-electron chi connectivity index (χ0n) is 12.0. The van der Waals surface area contributed by atoms with Crippen LogP contribution in [-0.2, 0) is 0 Å². The van der Waals surface area contributed by atoms with Gasteiger partial charge >= 0.3 is 5.63 Å². The lowest BCUT2D eigenvalue weighted by atomic mass is 9.98. The number of methoxy groups -OCH3 is 1. The van der Waals surface area contributed by atoms with Crippen LogP contribution in [0.2, 0.25) is 0 Å². The molecule has 0 spiro atoms. The van der Waals surface area contributed by atoms with Crippen molar-refractivity contribution in [3.05, 3.63) is 51.9 Å². The summed E-state index contributed by atoms with van der Waals surface area (Å²) in [6, 6.07) is 8.85. The largest absolute Gasteiger partial charge is 0.497 e. The Morgan fingerprint density at radius 1 is 1.19 bits per heavy atom. The van der Waals surface area contributed by atoms with Crippen molar-refractivity contribution >= 4 is 27.5 Å². The summed E-state index contributed by atoms with van der Waals surface area (Å²) in [4.78, 5) is 24.2. The van der Waals surface area contributed by atoms with E-state index in [4.69, 9.17) is 9.15 Å². The van der Waals surface area contributed by atoms with E-state index >= 15 is 0 Å². The molecule has 4 nitrogen and oxygen atoms in total. The lowest BCUT2D eigenvalue weighted by Crippen LogP contribution is -2.04. The van der Waals surface area contributed by atoms with Gasteiger partial charge in [-0.15, -0.1) is 0 Å². The van der Waals surface area contributed by atoms with E-state index in [0.29, 0.717) is 27.7 Å². The molecule has 1 aromatic heterocycles. The van der Waals surface area contributed by atoms with E-state index < -0.39 is 5.63 Å². The van der Waals surface area contributed by atoms with E-state index in [1.54, 1.807) is 12.1 Å². The van der Waals surface area contributed by atoms with Crippen LogP contribution in [0.15, 0.2) is 39.5 Å². The summed E-state index contributed by atoms with van der Waals surface area (Å²) in [5.41, 5.74) is 1.28. The van der Waals surface area contributed by atoms with Crippen LogP contribution in [-0.4, -0.2) is 12.9 Å². The molecule has 0 unspecified atom stereocenters. The van der Waals surface area contributed by atoms with E-state index in [1.807, 2.05) is 25.1 Å². The smallest absolute Gasteiger partial charge is 0.344 e. The summed E-state index contributed by atoms with van der Waals surface area (Å²) in [7, 11) is 1.51. The SMILES string of the molecule is COc1cc(C(C)=O)c2c(c1)oc(=O)c1c(C)cccc12. The van der Waals surface area contributed by atoms with Crippen LogP contribution in [0, 0.1) is 6.92 Å². The number of rotatable bonds is 2. The van der Waals surface area contributed by atoms with Gasteiger partial charge in [-0.2, -0.15) is 0 Å². The highest BCUT2D eigenvalue weighted by atomic mass is 16.5. The van der Waals surface area contributed by atoms with Gasteiger partial charge in [0.05, 0.1) is 12.5 Å². The molecular weight excluding hydrogens is 268 g/mol. The van der Waals surface area contributed by atoms with Crippen molar-refractivity contribution in [2.45, 2.75) is 13.8 Å². The lowest BCUT2D eigenvalue weighted by molar-refractivity contribution is 0.101. The van der Waals surface area contributed by atoms with Crippen LogP contribution in [0.4, 0.5) is 0 Å². The fraction of sp³-hybridized carbons (Fsp3) is 0.176. The third-order valence-corrected chi connectivity index (χ3v) is 3.64. The molecular formula is C17H14O4. The first-order valence-corrected chi connectivity index (χ1v) is 6.58. The molecule has 0 aliphatic rings. The summed E-state index contributed by atoms with van der Waals surface area (Å²) in [5, 5.41) is 1.90. The molecule has 1 heterocycles. The molecule has 0 amide bonds. The Bertz CT molecular complexity index is 935. The second kappa shape index (κ2) is 4.74. The first-order chi connectivity index (χ1) is 10.0. The summed E-state index contributed by atoms with van der Waals surface area (Å²) in [6.07, 6.45) is 0. The Morgan fingerprint density at radius 2 is 1.95 bits per heavy atom. The topological polar surface area (TPSA) is 56.5 Å². The summed E-state index contributed by atoms with van der Waals surface area (Å²) >= 11 is 0. The van der Waals surface area contributed by atoms with Gasteiger partial charge in [-0.3, -0.25) is 4.79 Å². The number of benzene rings is 2. The van der Waals surface area contributed by atoms with Gasteiger partial charge in [0.15, 0.2) is 5.78 Å². The molecule has 4 heteroatoms. The first kappa shape index (κ1) is 13.4. The molecule has 106 valence electrons. The van der Waals surface area contributed by atoms with Crippen LogP contribution in [0.25, 0.3) is 21.7 Å². The second-order valence-electron chi connectivity index (χ2n) is 4.99. The molecule has 21 heavy (non-hydrogen) atoms. The van der Waals surface area contributed by atoms with Crippen LogP contribution in [0.3, 0.4) is 0 Å². The highest BCUT2D eigenvalue weighted by Crippen LogP contribution is 2.31. The molecule has 0 aliphatic heterocycles. The van der Waals surface area contributed by atoms with E-state index in [2.05, 4.69) is 0 Å². The lowest BCUT2D eigenvalue weighted by Gasteiger charge is -2.10. The predicted octanol–water partition coefficient (Wildman–Crippen LogP) is 3.47. The Labute approximate surface area is 120 Å².